The Morgan fingerprint density at radius 2 is 1.95 bits per heavy atom. The minimum atomic E-state index is 0.0271. The summed E-state index contributed by atoms with van der Waals surface area (Å²) in [5, 5.41) is 3.41. The third-order valence-corrected chi connectivity index (χ3v) is 3.31. The van der Waals surface area contributed by atoms with E-state index >= 15 is 0 Å². The van der Waals surface area contributed by atoms with Crippen molar-refractivity contribution in [1.29, 1.82) is 0 Å². The number of ether oxygens (including phenoxy) is 1. The van der Waals surface area contributed by atoms with Gasteiger partial charge in [-0.2, -0.15) is 0 Å². The van der Waals surface area contributed by atoms with Gasteiger partial charge in [-0.25, -0.2) is 0 Å². The Morgan fingerprint density at radius 3 is 2.70 bits per heavy atom. The highest BCUT2D eigenvalue weighted by Gasteiger charge is 2.09. The average Bonchev–Trinajstić information content (AvgIpc) is 2.49. The van der Waals surface area contributed by atoms with Gasteiger partial charge in [0, 0.05) is 37.0 Å². The fourth-order valence-corrected chi connectivity index (χ4v) is 2.18. The molecule has 1 N–H and O–H groups in total. The fourth-order valence-electron chi connectivity index (χ4n) is 2.18. The van der Waals surface area contributed by atoms with E-state index < -0.39 is 0 Å². The van der Waals surface area contributed by atoms with E-state index in [4.69, 9.17) is 4.74 Å². The second kappa shape index (κ2) is 6.91. The number of nitrogens with one attached hydrogen (secondary N) is 1. The quantitative estimate of drug-likeness (QED) is 0.876. The summed E-state index contributed by atoms with van der Waals surface area (Å²) in [5.41, 5.74) is 1.15. The Bertz CT molecular complexity index is 607. The largest absolute Gasteiger partial charge is 0.496 e. The second-order valence-electron chi connectivity index (χ2n) is 4.65. The van der Waals surface area contributed by atoms with Gasteiger partial charge in [0.1, 0.15) is 5.75 Å². The van der Waals surface area contributed by atoms with Crippen LogP contribution in [0.1, 0.15) is 18.5 Å². The van der Waals surface area contributed by atoms with Crippen molar-refractivity contribution >= 4 is 0 Å². The average molecular weight is 272 g/mol. The predicted molar refractivity (Wildman–Crippen MR) is 80.1 cm³/mol. The van der Waals surface area contributed by atoms with Gasteiger partial charge in [-0.15, -0.1) is 0 Å². The van der Waals surface area contributed by atoms with Gasteiger partial charge < -0.3 is 14.6 Å². The van der Waals surface area contributed by atoms with Crippen molar-refractivity contribution in [1.82, 2.24) is 9.88 Å². The molecule has 1 heterocycles. The Balaban J connectivity index is 1.94. The summed E-state index contributed by atoms with van der Waals surface area (Å²) in [4.78, 5) is 11.6. The minimum absolute atomic E-state index is 0.0271. The maximum Gasteiger partial charge on any atom is 0.250 e. The molecule has 0 unspecified atom stereocenters. The van der Waals surface area contributed by atoms with Gasteiger partial charge in [-0.1, -0.05) is 24.3 Å². The zero-order valence-electron chi connectivity index (χ0n) is 11.9. The molecule has 0 aliphatic heterocycles. The number of hydrogen-bond donors (Lipinski definition) is 1. The highest BCUT2D eigenvalue weighted by atomic mass is 16.5. The second-order valence-corrected chi connectivity index (χ2v) is 4.65. The molecule has 0 radical (unpaired) electrons. The Hall–Kier alpha value is -2.07. The lowest BCUT2D eigenvalue weighted by Crippen LogP contribution is -2.27. The number of rotatable bonds is 6. The van der Waals surface area contributed by atoms with E-state index in [0.29, 0.717) is 6.54 Å². The van der Waals surface area contributed by atoms with Crippen molar-refractivity contribution in [2.45, 2.75) is 19.5 Å². The molecule has 4 heteroatoms. The summed E-state index contributed by atoms with van der Waals surface area (Å²) in [6, 6.07) is 13.3. The third-order valence-electron chi connectivity index (χ3n) is 3.31. The molecule has 0 spiro atoms. The summed E-state index contributed by atoms with van der Waals surface area (Å²) in [6.07, 6.45) is 1.80. The van der Waals surface area contributed by atoms with Crippen LogP contribution in [0, 0.1) is 0 Å². The van der Waals surface area contributed by atoms with Gasteiger partial charge in [0.2, 0.25) is 0 Å². The van der Waals surface area contributed by atoms with E-state index in [2.05, 4.69) is 12.2 Å². The minimum Gasteiger partial charge on any atom is -0.496 e. The van der Waals surface area contributed by atoms with Gasteiger partial charge in [0.15, 0.2) is 0 Å². The summed E-state index contributed by atoms with van der Waals surface area (Å²) in [7, 11) is 1.68. The lowest BCUT2D eigenvalue weighted by atomic mass is 10.1. The Labute approximate surface area is 119 Å². The van der Waals surface area contributed by atoms with Crippen molar-refractivity contribution in [3.05, 3.63) is 64.6 Å². The molecule has 1 atom stereocenters. The molecule has 2 rings (SSSR count). The lowest BCUT2D eigenvalue weighted by Gasteiger charge is -2.17. The van der Waals surface area contributed by atoms with Gasteiger partial charge in [0.05, 0.1) is 7.11 Å². The van der Waals surface area contributed by atoms with Crippen LogP contribution in [0.25, 0.3) is 0 Å². The first-order valence-electron chi connectivity index (χ1n) is 6.74. The molecule has 4 nitrogen and oxygen atoms in total. The SMILES string of the molecule is COc1ccccc1[C@@H](C)NCCn1ccccc1=O. The van der Waals surface area contributed by atoms with Gasteiger partial charge in [0.25, 0.3) is 5.56 Å². The summed E-state index contributed by atoms with van der Waals surface area (Å²) in [6.45, 7) is 3.47. The maximum absolute atomic E-state index is 11.6. The van der Waals surface area contributed by atoms with E-state index in [1.165, 1.54) is 0 Å². The monoisotopic (exact) mass is 272 g/mol. The van der Waals surface area contributed by atoms with Crippen LogP contribution in [0.3, 0.4) is 0 Å². The zero-order valence-corrected chi connectivity index (χ0v) is 11.9. The standard InChI is InChI=1S/C16H20N2O2/c1-13(14-7-3-4-8-15(14)20-2)17-10-12-18-11-6-5-9-16(18)19/h3-9,11,13,17H,10,12H2,1-2H3/t13-/m1/s1. The molecule has 20 heavy (non-hydrogen) atoms. The van der Waals surface area contributed by atoms with Crippen LogP contribution in [0.2, 0.25) is 0 Å². The van der Waals surface area contributed by atoms with E-state index in [0.717, 1.165) is 17.9 Å². The topological polar surface area (TPSA) is 43.3 Å². The van der Waals surface area contributed by atoms with Crippen molar-refractivity contribution in [2.24, 2.45) is 0 Å². The molecule has 0 aliphatic carbocycles. The number of nitrogens with zero attached hydrogens (tertiary/aromatic N) is 1. The van der Waals surface area contributed by atoms with Crippen LogP contribution in [0.5, 0.6) is 5.75 Å². The van der Waals surface area contributed by atoms with Crippen LogP contribution < -0.4 is 15.6 Å². The molecule has 0 bridgehead atoms. The smallest absolute Gasteiger partial charge is 0.250 e. The van der Waals surface area contributed by atoms with Gasteiger partial charge >= 0.3 is 0 Å². The first kappa shape index (κ1) is 14.3. The number of aromatic nitrogens is 1. The maximum atomic E-state index is 11.6. The third kappa shape index (κ3) is 3.48. The molecule has 2 aromatic rings. The summed E-state index contributed by atoms with van der Waals surface area (Å²) in [5.74, 6) is 0.879. The van der Waals surface area contributed by atoms with Crippen molar-refractivity contribution in [3.8, 4) is 5.75 Å². The van der Waals surface area contributed by atoms with Crippen LogP contribution in [-0.2, 0) is 6.54 Å². The normalized spacial score (nSPS) is 12.1. The number of pyridine rings is 1. The molecule has 0 fully saturated rings. The summed E-state index contributed by atoms with van der Waals surface area (Å²) < 4.78 is 7.05. The number of methoxy groups -OCH3 is 1. The molecule has 106 valence electrons. The summed E-state index contributed by atoms with van der Waals surface area (Å²) >= 11 is 0. The molecular formula is C16H20N2O2. The molecular weight excluding hydrogens is 252 g/mol. The van der Waals surface area contributed by atoms with Crippen molar-refractivity contribution < 1.29 is 4.74 Å². The van der Waals surface area contributed by atoms with E-state index in [1.54, 1.807) is 30.0 Å². The van der Waals surface area contributed by atoms with Crippen LogP contribution in [0.15, 0.2) is 53.5 Å². The molecule has 1 aromatic heterocycles. The van der Waals surface area contributed by atoms with Crippen LogP contribution >= 0.6 is 0 Å². The van der Waals surface area contributed by atoms with Gasteiger partial charge in [-0.05, 0) is 19.1 Å². The Morgan fingerprint density at radius 1 is 1.20 bits per heavy atom. The molecule has 0 amide bonds. The molecule has 0 saturated carbocycles. The van der Waals surface area contributed by atoms with Crippen LogP contribution in [0.4, 0.5) is 0 Å². The Kier molecular flexibility index (Phi) is 4.96. The van der Waals surface area contributed by atoms with E-state index in [9.17, 15) is 4.79 Å². The molecule has 1 aromatic carbocycles. The fraction of sp³-hybridized carbons (Fsp3) is 0.312. The van der Waals surface area contributed by atoms with E-state index in [-0.39, 0.29) is 11.6 Å². The zero-order chi connectivity index (χ0) is 14.4. The van der Waals surface area contributed by atoms with Crippen molar-refractivity contribution in [2.75, 3.05) is 13.7 Å². The first-order valence-corrected chi connectivity index (χ1v) is 6.74. The highest BCUT2D eigenvalue weighted by molar-refractivity contribution is 5.35. The molecule has 0 saturated heterocycles. The van der Waals surface area contributed by atoms with E-state index in [1.807, 2.05) is 30.3 Å². The van der Waals surface area contributed by atoms with Crippen molar-refractivity contribution in [3.63, 3.8) is 0 Å². The number of hydrogen-bond acceptors (Lipinski definition) is 3. The number of benzene rings is 1. The lowest BCUT2D eigenvalue weighted by molar-refractivity contribution is 0.400. The van der Waals surface area contributed by atoms with Crippen LogP contribution in [-0.4, -0.2) is 18.2 Å². The number of para-hydroxylation sites is 1. The predicted octanol–water partition coefficient (Wildman–Crippen LogP) is 2.21. The first-order chi connectivity index (χ1) is 9.72. The van der Waals surface area contributed by atoms with Gasteiger partial charge in [-0.3, -0.25) is 4.79 Å². The molecule has 0 aliphatic rings. The highest BCUT2D eigenvalue weighted by Crippen LogP contribution is 2.23.